The Morgan fingerprint density at radius 3 is 2.36 bits per heavy atom. The van der Waals surface area contributed by atoms with Gasteiger partial charge in [0, 0.05) is 5.75 Å². The van der Waals surface area contributed by atoms with E-state index in [0.29, 0.717) is 0 Å². The van der Waals surface area contributed by atoms with E-state index in [-0.39, 0.29) is 5.75 Å². The molecule has 144 valence electrons. The van der Waals surface area contributed by atoms with Gasteiger partial charge in [0.15, 0.2) is 12.4 Å². The number of aliphatic hydroxyl groups excluding tert-OH is 3. The van der Waals surface area contributed by atoms with Gasteiger partial charge < -0.3 is 41.1 Å². The predicted molar refractivity (Wildman–Crippen MR) is 86.7 cm³/mol. The summed E-state index contributed by atoms with van der Waals surface area (Å²) >= 11 is 1.24. The summed E-state index contributed by atoms with van der Waals surface area (Å²) in [6, 6.07) is -2.10. The summed E-state index contributed by atoms with van der Waals surface area (Å²) in [4.78, 5) is 34.8. The second-order valence-electron chi connectivity index (χ2n) is 5.37. The molecule has 11 nitrogen and oxygen atoms in total. The summed E-state index contributed by atoms with van der Waals surface area (Å²) in [7, 11) is 1.43. The lowest BCUT2D eigenvalue weighted by molar-refractivity contribution is -0.251. The molecule has 0 aliphatic carbocycles. The summed E-state index contributed by atoms with van der Waals surface area (Å²) in [5, 5.41) is 45.3. The number of carboxylic acids is 1. The number of aliphatic hydroxyl groups is 3. The number of ether oxygens (including phenoxy) is 1. The van der Waals surface area contributed by atoms with Gasteiger partial charge in [-0.05, 0) is 13.3 Å². The molecule has 0 bridgehead atoms. The molecule has 2 amide bonds. The van der Waals surface area contributed by atoms with Gasteiger partial charge in [-0.2, -0.15) is 11.8 Å². The molecule has 1 fully saturated rings. The maximum Gasteiger partial charge on any atom is 0.327 e. The molecule has 12 heteroatoms. The molecule has 2 unspecified atom stereocenters. The summed E-state index contributed by atoms with van der Waals surface area (Å²) in [5.74, 6) is -2.65. The van der Waals surface area contributed by atoms with Crippen molar-refractivity contribution < 1.29 is 39.5 Å². The Hall–Kier alpha value is -1.44. The van der Waals surface area contributed by atoms with Gasteiger partial charge in [0.25, 0.3) is 5.91 Å². The van der Waals surface area contributed by atoms with Crippen LogP contribution in [0.15, 0.2) is 0 Å². The van der Waals surface area contributed by atoms with Crippen LogP contribution in [0.1, 0.15) is 0 Å². The molecule has 1 rings (SSSR count). The van der Waals surface area contributed by atoms with Crippen LogP contribution in [-0.2, 0) is 19.1 Å². The van der Waals surface area contributed by atoms with Crippen molar-refractivity contribution in [2.24, 2.45) is 0 Å². The zero-order valence-corrected chi connectivity index (χ0v) is 14.5. The van der Waals surface area contributed by atoms with Gasteiger partial charge in [0.05, 0.1) is 12.6 Å². The normalized spacial score (nSPS) is 30.4. The molecule has 0 radical (unpaired) electrons. The van der Waals surface area contributed by atoms with Gasteiger partial charge in [-0.15, -0.1) is 0 Å². The van der Waals surface area contributed by atoms with Crippen LogP contribution in [0.3, 0.4) is 0 Å². The number of carboxylic acid groups (broad SMARTS) is 1. The fraction of sp³-hybridized carbons (Fsp3) is 0.769. The van der Waals surface area contributed by atoms with Crippen molar-refractivity contribution in [3.8, 4) is 0 Å². The highest BCUT2D eigenvalue weighted by molar-refractivity contribution is 7.98. The van der Waals surface area contributed by atoms with Gasteiger partial charge in [-0.3, -0.25) is 9.59 Å². The van der Waals surface area contributed by atoms with Crippen LogP contribution in [0, 0.1) is 0 Å². The molecule has 1 heterocycles. The van der Waals surface area contributed by atoms with Crippen LogP contribution in [-0.4, -0.2) is 100 Å². The number of hydrogen-bond donors (Lipinski definition) is 7. The number of thioether (sulfide) groups is 1. The van der Waals surface area contributed by atoms with Gasteiger partial charge in [0.2, 0.25) is 5.91 Å². The van der Waals surface area contributed by atoms with E-state index < -0.39 is 61.0 Å². The van der Waals surface area contributed by atoms with Crippen molar-refractivity contribution in [3.05, 3.63) is 0 Å². The molecule has 6 atom stereocenters. The van der Waals surface area contributed by atoms with E-state index in [0.717, 1.165) is 0 Å². The molecule has 1 aliphatic rings. The van der Waals surface area contributed by atoms with E-state index in [1.54, 1.807) is 6.26 Å². The third kappa shape index (κ3) is 5.80. The zero-order valence-electron chi connectivity index (χ0n) is 13.7. The van der Waals surface area contributed by atoms with E-state index in [9.17, 15) is 29.7 Å². The Kier molecular flexibility index (Phi) is 8.55. The van der Waals surface area contributed by atoms with Crippen molar-refractivity contribution in [3.63, 3.8) is 0 Å². The largest absolute Gasteiger partial charge is 0.480 e. The van der Waals surface area contributed by atoms with Crippen molar-refractivity contribution in [1.82, 2.24) is 16.0 Å². The molecular weight excluding hydrogens is 358 g/mol. The second kappa shape index (κ2) is 9.89. The van der Waals surface area contributed by atoms with Gasteiger partial charge >= 0.3 is 5.97 Å². The van der Waals surface area contributed by atoms with Crippen molar-refractivity contribution >= 4 is 29.5 Å². The molecule has 7 N–H and O–H groups in total. The summed E-state index contributed by atoms with van der Waals surface area (Å²) in [6.45, 7) is -0.535. The topological polar surface area (TPSA) is 177 Å². The molecule has 25 heavy (non-hydrogen) atoms. The minimum atomic E-state index is -1.69. The lowest BCUT2D eigenvalue weighted by Gasteiger charge is -2.39. The predicted octanol–water partition coefficient (Wildman–Crippen LogP) is -3.94. The number of aliphatic carboxylic acids is 1. The monoisotopic (exact) mass is 381 g/mol. The maximum absolute atomic E-state index is 12.1. The molecular formula is C13H23N3O8S. The molecule has 0 saturated carbocycles. The third-order valence-electron chi connectivity index (χ3n) is 3.61. The number of hydrogen-bond acceptors (Lipinski definition) is 9. The number of nitrogens with one attached hydrogen (secondary N) is 3. The van der Waals surface area contributed by atoms with E-state index in [1.807, 2.05) is 0 Å². The first-order chi connectivity index (χ1) is 11.7. The van der Waals surface area contributed by atoms with Crippen LogP contribution in [0.2, 0.25) is 0 Å². The minimum Gasteiger partial charge on any atom is -0.480 e. The van der Waals surface area contributed by atoms with E-state index in [2.05, 4.69) is 16.0 Å². The Morgan fingerprint density at radius 1 is 1.20 bits per heavy atom. The Bertz CT molecular complexity index is 494. The number of amides is 2. The van der Waals surface area contributed by atoms with Crippen LogP contribution in [0.25, 0.3) is 0 Å². The average Bonchev–Trinajstić information content (AvgIpc) is 2.56. The first kappa shape index (κ1) is 21.6. The average molecular weight is 381 g/mol. The maximum atomic E-state index is 12.1. The summed E-state index contributed by atoms with van der Waals surface area (Å²) < 4.78 is 4.87. The molecule has 0 aromatic heterocycles. The SMILES string of the molecule is CN[C@@H]1C(O)[C@H](O)OC(C(=O)NCC(=O)N[C@@H](CSC)C(=O)O)[C@H]1O. The number of carbonyl (C=O) groups excluding carboxylic acids is 2. The first-order valence-corrected chi connectivity index (χ1v) is 8.78. The minimum absolute atomic E-state index is 0.160. The van der Waals surface area contributed by atoms with Crippen molar-refractivity contribution in [2.45, 2.75) is 36.7 Å². The quantitative estimate of drug-likeness (QED) is 0.220. The number of rotatable bonds is 8. The molecule has 1 saturated heterocycles. The third-order valence-corrected chi connectivity index (χ3v) is 4.27. The fourth-order valence-corrected chi connectivity index (χ4v) is 2.85. The van der Waals surface area contributed by atoms with Crippen LogP contribution < -0.4 is 16.0 Å². The summed E-state index contributed by atoms with van der Waals surface area (Å²) in [5.41, 5.74) is 0. The van der Waals surface area contributed by atoms with Crippen molar-refractivity contribution in [2.75, 3.05) is 25.6 Å². The van der Waals surface area contributed by atoms with Crippen LogP contribution >= 0.6 is 11.8 Å². The molecule has 0 aromatic rings. The second-order valence-corrected chi connectivity index (χ2v) is 6.29. The highest BCUT2D eigenvalue weighted by atomic mass is 32.2. The summed E-state index contributed by atoms with van der Waals surface area (Å²) in [6.07, 6.45) is -4.41. The smallest absolute Gasteiger partial charge is 0.327 e. The van der Waals surface area contributed by atoms with Crippen LogP contribution in [0.4, 0.5) is 0 Å². The highest BCUT2D eigenvalue weighted by Crippen LogP contribution is 2.19. The van der Waals surface area contributed by atoms with E-state index in [1.165, 1.54) is 18.8 Å². The van der Waals surface area contributed by atoms with Gasteiger partial charge in [0.1, 0.15) is 18.2 Å². The molecule has 0 aromatic carbocycles. The zero-order chi connectivity index (χ0) is 19.1. The molecule has 1 aliphatic heterocycles. The number of likely N-dealkylation sites (N-methyl/N-ethyl adjacent to an activating group) is 1. The Balaban J connectivity index is 2.58. The number of carbonyl (C=O) groups is 3. The molecule has 0 spiro atoms. The van der Waals surface area contributed by atoms with Crippen molar-refractivity contribution in [1.29, 1.82) is 0 Å². The van der Waals surface area contributed by atoms with E-state index in [4.69, 9.17) is 9.84 Å². The van der Waals surface area contributed by atoms with Gasteiger partial charge in [-0.1, -0.05) is 0 Å². The van der Waals surface area contributed by atoms with E-state index >= 15 is 0 Å². The Labute approximate surface area is 148 Å². The van der Waals surface area contributed by atoms with Gasteiger partial charge in [-0.25, -0.2) is 4.79 Å². The standard InChI is InChI=1S/C13H23N3O8S/c1-14-7-8(18)10(24-13(23)9(7)19)11(20)15-3-6(17)16-5(4-25-2)12(21)22/h5,7-10,13-14,18-19,23H,3-4H2,1-2H3,(H,15,20)(H,16,17)(H,21,22)/t5-,7-,8-,9?,10?,13+/m0/s1. The fourth-order valence-electron chi connectivity index (χ4n) is 2.29. The van der Waals surface area contributed by atoms with Crippen LogP contribution in [0.5, 0.6) is 0 Å². The lowest BCUT2D eigenvalue weighted by atomic mass is 9.96. The highest BCUT2D eigenvalue weighted by Gasteiger charge is 2.46. The lowest BCUT2D eigenvalue weighted by Crippen LogP contribution is -2.65. The first-order valence-electron chi connectivity index (χ1n) is 7.38. The Morgan fingerprint density at radius 2 is 1.84 bits per heavy atom.